The van der Waals surface area contributed by atoms with Crippen molar-refractivity contribution in [2.75, 3.05) is 0 Å². The number of carbonyl (C=O) groups excluding carboxylic acids is 1. The fourth-order valence-corrected chi connectivity index (χ4v) is 2.86. The Morgan fingerprint density at radius 1 is 1.00 bits per heavy atom. The molecule has 0 bridgehead atoms. The zero-order valence-electron chi connectivity index (χ0n) is 14.1. The number of benzene rings is 2. The van der Waals surface area contributed by atoms with Gasteiger partial charge in [-0.05, 0) is 29.2 Å². The van der Waals surface area contributed by atoms with E-state index in [4.69, 9.17) is 21.8 Å². The van der Waals surface area contributed by atoms with Crippen LogP contribution in [0.15, 0.2) is 48.5 Å². The number of carboxylic acid groups (broad SMARTS) is 2. The summed E-state index contributed by atoms with van der Waals surface area (Å²) in [6, 6.07) is 13.9. The number of nitrogens with one attached hydrogen (secondary N) is 1. The predicted octanol–water partition coefficient (Wildman–Crippen LogP) is 1.95. The lowest BCUT2D eigenvalue weighted by Crippen LogP contribution is -2.43. The van der Waals surface area contributed by atoms with Gasteiger partial charge in [0.05, 0.1) is 0 Å². The number of rotatable bonds is 7. The van der Waals surface area contributed by atoms with Crippen molar-refractivity contribution in [1.82, 2.24) is 5.32 Å². The van der Waals surface area contributed by atoms with Crippen LogP contribution < -0.4 is 5.32 Å². The van der Waals surface area contributed by atoms with Gasteiger partial charge < -0.3 is 20.6 Å². The molecular formula is C19H18ClNO6. The predicted molar refractivity (Wildman–Crippen MR) is 98.4 cm³/mol. The first-order valence-corrected chi connectivity index (χ1v) is 8.44. The van der Waals surface area contributed by atoms with Crippen LogP contribution in [0.2, 0.25) is 5.02 Å². The molecule has 0 aromatic heterocycles. The van der Waals surface area contributed by atoms with E-state index in [0.29, 0.717) is 10.6 Å². The molecule has 0 spiro atoms. The van der Waals surface area contributed by atoms with E-state index in [1.54, 1.807) is 12.1 Å². The minimum Gasteiger partial charge on any atom is -0.479 e. The fourth-order valence-electron chi connectivity index (χ4n) is 2.60. The molecule has 0 fully saturated rings. The minimum absolute atomic E-state index is 0.0667. The van der Waals surface area contributed by atoms with E-state index in [1.165, 1.54) is 0 Å². The lowest BCUT2D eigenvalue weighted by molar-refractivity contribution is -0.151. The van der Waals surface area contributed by atoms with Gasteiger partial charge in [-0.15, -0.1) is 0 Å². The Labute approximate surface area is 160 Å². The van der Waals surface area contributed by atoms with Crippen LogP contribution >= 0.6 is 11.6 Å². The maximum absolute atomic E-state index is 11.4. The smallest absolute Gasteiger partial charge is 0.394 e. The van der Waals surface area contributed by atoms with Gasteiger partial charge in [-0.25, -0.2) is 9.59 Å². The molecule has 142 valence electrons. The number of aliphatic hydroxyl groups excluding tert-OH is 1. The van der Waals surface area contributed by atoms with Crippen molar-refractivity contribution in [3.63, 3.8) is 0 Å². The molecule has 0 aliphatic rings. The summed E-state index contributed by atoms with van der Waals surface area (Å²) in [5, 5.41) is 29.7. The summed E-state index contributed by atoms with van der Waals surface area (Å²) >= 11 is 6.31. The first kappa shape index (κ1) is 20.4. The Morgan fingerprint density at radius 2 is 1.67 bits per heavy atom. The van der Waals surface area contributed by atoms with Gasteiger partial charge in [-0.3, -0.25) is 4.79 Å². The van der Waals surface area contributed by atoms with E-state index < -0.39 is 30.0 Å². The summed E-state index contributed by atoms with van der Waals surface area (Å²) in [5.41, 5.74) is 2.42. The van der Waals surface area contributed by atoms with E-state index in [0.717, 1.165) is 11.1 Å². The maximum Gasteiger partial charge on any atom is 0.394 e. The number of hydrogen-bond donors (Lipinski definition) is 4. The van der Waals surface area contributed by atoms with Gasteiger partial charge in [0.1, 0.15) is 0 Å². The number of halogens is 1. The molecular weight excluding hydrogens is 374 g/mol. The third-order valence-corrected chi connectivity index (χ3v) is 4.30. The number of carbonyl (C=O) groups is 3. The van der Waals surface area contributed by atoms with Gasteiger partial charge >= 0.3 is 17.8 Å². The third-order valence-electron chi connectivity index (χ3n) is 3.95. The summed E-state index contributed by atoms with van der Waals surface area (Å²) in [6.07, 6.45) is -2.03. The van der Waals surface area contributed by atoms with E-state index >= 15 is 0 Å². The van der Waals surface area contributed by atoms with Gasteiger partial charge in [0, 0.05) is 17.5 Å². The second-order valence-corrected chi connectivity index (χ2v) is 6.35. The average Bonchev–Trinajstić information content (AvgIpc) is 2.63. The maximum atomic E-state index is 11.4. The van der Waals surface area contributed by atoms with Crippen LogP contribution in [-0.2, 0) is 20.8 Å². The lowest BCUT2D eigenvalue weighted by atomic mass is 9.97. The van der Waals surface area contributed by atoms with Crippen LogP contribution in [0.25, 0.3) is 11.1 Å². The zero-order valence-corrected chi connectivity index (χ0v) is 14.9. The number of carboxylic acids is 2. The first-order chi connectivity index (χ1) is 12.8. The molecule has 0 saturated heterocycles. The van der Waals surface area contributed by atoms with Crippen molar-refractivity contribution in [2.24, 2.45) is 0 Å². The second kappa shape index (κ2) is 9.16. The molecule has 0 saturated carbocycles. The van der Waals surface area contributed by atoms with E-state index in [2.05, 4.69) is 5.32 Å². The largest absolute Gasteiger partial charge is 0.479 e. The molecule has 0 aliphatic carbocycles. The van der Waals surface area contributed by atoms with Gasteiger partial charge in [0.2, 0.25) is 0 Å². The number of amides is 1. The topological polar surface area (TPSA) is 124 Å². The molecule has 2 aromatic rings. The van der Waals surface area contributed by atoms with Crippen LogP contribution in [-0.4, -0.2) is 45.3 Å². The molecule has 2 aromatic carbocycles. The van der Waals surface area contributed by atoms with Crippen molar-refractivity contribution in [3.05, 3.63) is 59.1 Å². The molecule has 0 aliphatic heterocycles. The van der Waals surface area contributed by atoms with E-state index in [9.17, 15) is 19.5 Å². The fraction of sp³-hybridized carbons (Fsp3) is 0.211. The zero-order chi connectivity index (χ0) is 20.0. The SMILES string of the molecule is O=C(O)C(=O)NC(Cc1ccc(-c2ccccc2)cc1Cl)CC(O)C(=O)O. The molecule has 1 amide bonds. The summed E-state index contributed by atoms with van der Waals surface area (Å²) in [6.45, 7) is 0. The Morgan fingerprint density at radius 3 is 2.22 bits per heavy atom. The highest BCUT2D eigenvalue weighted by molar-refractivity contribution is 6.32. The van der Waals surface area contributed by atoms with Crippen LogP contribution in [0.1, 0.15) is 12.0 Å². The highest BCUT2D eigenvalue weighted by Crippen LogP contribution is 2.26. The monoisotopic (exact) mass is 391 g/mol. The molecule has 27 heavy (non-hydrogen) atoms. The highest BCUT2D eigenvalue weighted by atomic mass is 35.5. The quantitative estimate of drug-likeness (QED) is 0.535. The average molecular weight is 392 g/mol. The van der Waals surface area contributed by atoms with Crippen molar-refractivity contribution in [2.45, 2.75) is 25.0 Å². The van der Waals surface area contributed by atoms with Crippen LogP contribution in [0, 0.1) is 0 Å². The number of aliphatic carboxylic acids is 2. The van der Waals surface area contributed by atoms with Crippen LogP contribution in [0.3, 0.4) is 0 Å². The first-order valence-electron chi connectivity index (χ1n) is 8.06. The molecule has 2 atom stereocenters. The highest BCUT2D eigenvalue weighted by Gasteiger charge is 2.24. The second-order valence-electron chi connectivity index (χ2n) is 5.94. The summed E-state index contributed by atoms with van der Waals surface area (Å²) in [7, 11) is 0. The molecule has 0 radical (unpaired) electrons. The lowest BCUT2D eigenvalue weighted by Gasteiger charge is -2.20. The third kappa shape index (κ3) is 5.80. The Bertz CT molecular complexity index is 839. The summed E-state index contributed by atoms with van der Waals surface area (Å²) in [5.74, 6) is -4.44. The number of hydrogen-bond acceptors (Lipinski definition) is 4. The minimum atomic E-state index is -1.74. The van der Waals surface area contributed by atoms with Crippen molar-refractivity contribution >= 4 is 29.4 Å². The van der Waals surface area contributed by atoms with Crippen LogP contribution in [0.5, 0.6) is 0 Å². The molecule has 8 heteroatoms. The molecule has 0 heterocycles. The molecule has 7 nitrogen and oxygen atoms in total. The Balaban J connectivity index is 2.21. The molecule has 2 rings (SSSR count). The van der Waals surface area contributed by atoms with Crippen molar-refractivity contribution in [1.29, 1.82) is 0 Å². The summed E-state index contributed by atoms with van der Waals surface area (Å²) in [4.78, 5) is 33.1. The Kier molecular flexibility index (Phi) is 6.92. The van der Waals surface area contributed by atoms with Gasteiger partial charge in [0.25, 0.3) is 0 Å². The van der Waals surface area contributed by atoms with Gasteiger partial charge in [-0.2, -0.15) is 0 Å². The number of aliphatic hydroxyl groups is 1. The van der Waals surface area contributed by atoms with Gasteiger partial charge in [-0.1, -0.05) is 54.1 Å². The van der Waals surface area contributed by atoms with Crippen molar-refractivity contribution in [3.8, 4) is 11.1 Å². The van der Waals surface area contributed by atoms with Gasteiger partial charge in [0.15, 0.2) is 6.10 Å². The van der Waals surface area contributed by atoms with Crippen molar-refractivity contribution < 1.29 is 29.7 Å². The molecule has 4 N–H and O–H groups in total. The standard InChI is InChI=1S/C19H18ClNO6/c20-15-9-12(11-4-2-1-3-5-11)6-7-13(15)8-14(10-16(22)18(24)25)21-17(23)19(26)27/h1-7,9,14,16,22H,8,10H2,(H,21,23)(H,24,25)(H,26,27). The van der Waals surface area contributed by atoms with E-state index in [1.807, 2.05) is 36.4 Å². The molecule has 2 unspecified atom stereocenters. The Hall–Kier alpha value is -2.90. The summed E-state index contributed by atoms with van der Waals surface area (Å²) < 4.78 is 0. The van der Waals surface area contributed by atoms with Crippen LogP contribution in [0.4, 0.5) is 0 Å². The van der Waals surface area contributed by atoms with E-state index in [-0.39, 0.29) is 12.8 Å². The normalized spacial score (nSPS) is 12.8.